The summed E-state index contributed by atoms with van der Waals surface area (Å²) in [6.07, 6.45) is 0. The fourth-order valence-corrected chi connectivity index (χ4v) is 3.72. The number of halogens is 2. The van der Waals surface area contributed by atoms with Crippen molar-refractivity contribution >= 4 is 34.8 Å². The summed E-state index contributed by atoms with van der Waals surface area (Å²) in [5, 5.41) is 6.60. The standard InChI is InChI=1S/C22H21F2N3O4S/c1-13-8-17(14(2)27(13)11-16-4-3-7-32-16)22(30)31-12-21(29)25-10-20(28)26-15-5-6-18(23)19(24)9-15/h3-9H,10-12H2,1-2H3,(H,25,29)(H,26,28). The summed E-state index contributed by atoms with van der Waals surface area (Å²) >= 11 is 1.62. The number of ether oxygens (including phenoxy) is 1. The number of hydrogen-bond acceptors (Lipinski definition) is 5. The normalized spacial score (nSPS) is 10.6. The second-order valence-corrected chi connectivity index (χ2v) is 8.01. The molecule has 0 atom stereocenters. The smallest absolute Gasteiger partial charge is 0.340 e. The summed E-state index contributed by atoms with van der Waals surface area (Å²) in [6.45, 7) is 3.34. The molecule has 2 aromatic heterocycles. The van der Waals surface area contributed by atoms with Gasteiger partial charge in [-0.05, 0) is 43.5 Å². The lowest BCUT2D eigenvalue weighted by molar-refractivity contribution is -0.126. The lowest BCUT2D eigenvalue weighted by Gasteiger charge is -2.09. The molecule has 0 saturated heterocycles. The maximum Gasteiger partial charge on any atom is 0.340 e. The Labute approximate surface area is 187 Å². The Kier molecular flexibility index (Phi) is 7.37. The monoisotopic (exact) mass is 461 g/mol. The highest BCUT2D eigenvalue weighted by atomic mass is 32.1. The molecule has 2 N–H and O–H groups in total. The van der Waals surface area contributed by atoms with E-state index in [4.69, 9.17) is 4.74 Å². The van der Waals surface area contributed by atoms with Crippen LogP contribution in [-0.2, 0) is 20.9 Å². The van der Waals surface area contributed by atoms with Crippen molar-refractivity contribution in [2.75, 3.05) is 18.5 Å². The van der Waals surface area contributed by atoms with E-state index in [0.717, 1.165) is 28.4 Å². The zero-order valence-electron chi connectivity index (χ0n) is 17.4. The molecule has 0 unspecified atom stereocenters. The zero-order chi connectivity index (χ0) is 23.3. The zero-order valence-corrected chi connectivity index (χ0v) is 18.2. The molecule has 0 spiro atoms. The van der Waals surface area contributed by atoms with Gasteiger partial charge in [-0.25, -0.2) is 13.6 Å². The molecule has 0 aliphatic rings. The van der Waals surface area contributed by atoms with E-state index in [9.17, 15) is 23.2 Å². The van der Waals surface area contributed by atoms with Crippen LogP contribution in [-0.4, -0.2) is 35.5 Å². The van der Waals surface area contributed by atoms with E-state index in [2.05, 4.69) is 10.6 Å². The van der Waals surface area contributed by atoms with E-state index in [1.807, 2.05) is 29.0 Å². The van der Waals surface area contributed by atoms with Crippen molar-refractivity contribution < 1.29 is 27.9 Å². The first kappa shape index (κ1) is 23.1. The number of carbonyl (C=O) groups excluding carboxylic acids is 3. The van der Waals surface area contributed by atoms with Gasteiger partial charge in [-0.1, -0.05) is 6.07 Å². The molecule has 2 heterocycles. The first-order valence-corrected chi connectivity index (χ1v) is 10.5. The largest absolute Gasteiger partial charge is 0.452 e. The van der Waals surface area contributed by atoms with Crippen LogP contribution in [0.25, 0.3) is 0 Å². The summed E-state index contributed by atoms with van der Waals surface area (Å²) < 4.78 is 33.1. The van der Waals surface area contributed by atoms with Crippen LogP contribution in [0.15, 0.2) is 41.8 Å². The highest BCUT2D eigenvalue weighted by Gasteiger charge is 2.18. The summed E-state index contributed by atoms with van der Waals surface area (Å²) in [5.41, 5.74) is 2.03. The predicted octanol–water partition coefficient (Wildman–Crippen LogP) is 3.40. The van der Waals surface area contributed by atoms with E-state index in [0.29, 0.717) is 12.1 Å². The molecule has 2 amide bonds. The van der Waals surface area contributed by atoms with Gasteiger partial charge in [0.1, 0.15) is 0 Å². The van der Waals surface area contributed by atoms with Crippen LogP contribution in [0, 0.1) is 25.5 Å². The number of anilines is 1. The van der Waals surface area contributed by atoms with Crippen LogP contribution >= 0.6 is 11.3 Å². The van der Waals surface area contributed by atoms with Crippen molar-refractivity contribution in [1.29, 1.82) is 0 Å². The molecule has 1 aromatic carbocycles. The Morgan fingerprint density at radius 1 is 1.06 bits per heavy atom. The van der Waals surface area contributed by atoms with E-state index < -0.39 is 42.6 Å². The summed E-state index contributed by atoms with van der Waals surface area (Å²) in [5.74, 6) is -4.10. The van der Waals surface area contributed by atoms with E-state index in [1.165, 1.54) is 6.07 Å². The number of thiophene rings is 1. The molecular formula is C22H21F2N3O4S. The van der Waals surface area contributed by atoms with Crippen LogP contribution in [0.1, 0.15) is 26.6 Å². The Hall–Kier alpha value is -3.53. The minimum Gasteiger partial charge on any atom is -0.452 e. The van der Waals surface area contributed by atoms with Crippen molar-refractivity contribution in [3.63, 3.8) is 0 Å². The third-order valence-corrected chi connectivity index (χ3v) is 5.53. The molecule has 0 fully saturated rings. The number of rotatable bonds is 8. The Balaban J connectivity index is 1.48. The first-order valence-electron chi connectivity index (χ1n) is 9.62. The average molecular weight is 461 g/mol. The molecule has 10 heteroatoms. The highest BCUT2D eigenvalue weighted by molar-refractivity contribution is 7.09. The van der Waals surface area contributed by atoms with Crippen LogP contribution < -0.4 is 10.6 Å². The summed E-state index contributed by atoms with van der Waals surface area (Å²) in [6, 6.07) is 8.56. The van der Waals surface area contributed by atoms with Crippen molar-refractivity contribution in [2.45, 2.75) is 20.4 Å². The average Bonchev–Trinajstić information content (AvgIpc) is 3.37. The second kappa shape index (κ2) is 10.2. The maximum absolute atomic E-state index is 13.2. The van der Waals surface area contributed by atoms with Crippen LogP contribution in [0.2, 0.25) is 0 Å². The number of nitrogens with zero attached hydrogens (tertiary/aromatic N) is 1. The number of carbonyl (C=O) groups is 3. The van der Waals surface area contributed by atoms with E-state index in [-0.39, 0.29) is 5.69 Å². The van der Waals surface area contributed by atoms with Gasteiger partial charge < -0.3 is 19.9 Å². The molecule has 0 radical (unpaired) electrons. The number of hydrogen-bond donors (Lipinski definition) is 2. The number of aromatic nitrogens is 1. The Morgan fingerprint density at radius 3 is 2.53 bits per heavy atom. The molecule has 0 aliphatic carbocycles. The third kappa shape index (κ3) is 5.79. The molecule has 32 heavy (non-hydrogen) atoms. The van der Waals surface area contributed by atoms with Gasteiger partial charge in [0.25, 0.3) is 5.91 Å². The Morgan fingerprint density at radius 2 is 1.84 bits per heavy atom. The number of esters is 1. The fourth-order valence-electron chi connectivity index (χ4n) is 3.03. The molecule has 0 saturated carbocycles. The lowest BCUT2D eigenvalue weighted by atomic mass is 10.2. The van der Waals surface area contributed by atoms with Crippen molar-refractivity contribution in [3.05, 3.63) is 75.2 Å². The maximum atomic E-state index is 13.2. The lowest BCUT2D eigenvalue weighted by Crippen LogP contribution is -2.35. The number of benzene rings is 1. The predicted molar refractivity (Wildman–Crippen MR) is 116 cm³/mol. The Bertz CT molecular complexity index is 1140. The second-order valence-electron chi connectivity index (χ2n) is 6.98. The minimum atomic E-state index is -1.10. The van der Waals surface area contributed by atoms with Gasteiger partial charge >= 0.3 is 5.97 Å². The van der Waals surface area contributed by atoms with Crippen molar-refractivity contribution in [1.82, 2.24) is 9.88 Å². The SMILES string of the molecule is Cc1cc(C(=O)OCC(=O)NCC(=O)Nc2ccc(F)c(F)c2)c(C)n1Cc1cccs1. The molecule has 3 rings (SSSR count). The summed E-state index contributed by atoms with van der Waals surface area (Å²) in [7, 11) is 0. The van der Waals surface area contributed by atoms with Gasteiger partial charge in [0.05, 0.1) is 18.7 Å². The summed E-state index contributed by atoms with van der Waals surface area (Å²) in [4.78, 5) is 37.3. The highest BCUT2D eigenvalue weighted by Crippen LogP contribution is 2.20. The fraction of sp³-hybridized carbons (Fsp3) is 0.227. The quantitative estimate of drug-likeness (QED) is 0.503. The molecule has 7 nitrogen and oxygen atoms in total. The van der Waals surface area contributed by atoms with Crippen LogP contribution in [0.4, 0.5) is 14.5 Å². The molecule has 168 valence electrons. The van der Waals surface area contributed by atoms with E-state index in [1.54, 1.807) is 24.3 Å². The van der Waals surface area contributed by atoms with Gasteiger partial charge in [0.15, 0.2) is 18.2 Å². The van der Waals surface area contributed by atoms with Gasteiger partial charge in [-0.2, -0.15) is 0 Å². The van der Waals surface area contributed by atoms with Crippen molar-refractivity contribution in [3.8, 4) is 0 Å². The molecular weight excluding hydrogens is 440 g/mol. The van der Waals surface area contributed by atoms with Crippen LogP contribution in [0.3, 0.4) is 0 Å². The number of amides is 2. The molecule has 0 aliphatic heterocycles. The topological polar surface area (TPSA) is 89.4 Å². The number of nitrogens with one attached hydrogen (secondary N) is 2. The van der Waals surface area contributed by atoms with Crippen LogP contribution in [0.5, 0.6) is 0 Å². The van der Waals surface area contributed by atoms with Gasteiger partial charge in [0.2, 0.25) is 5.91 Å². The van der Waals surface area contributed by atoms with Gasteiger partial charge in [-0.15, -0.1) is 11.3 Å². The molecule has 0 bridgehead atoms. The van der Waals surface area contributed by atoms with Gasteiger partial charge in [0, 0.05) is 28.0 Å². The molecule has 3 aromatic rings. The first-order chi connectivity index (χ1) is 15.2. The van der Waals surface area contributed by atoms with Gasteiger partial charge in [-0.3, -0.25) is 9.59 Å². The third-order valence-electron chi connectivity index (χ3n) is 4.67. The minimum absolute atomic E-state index is 0.0486. The van der Waals surface area contributed by atoms with E-state index >= 15 is 0 Å². The van der Waals surface area contributed by atoms with Crippen molar-refractivity contribution in [2.24, 2.45) is 0 Å². The number of aryl methyl sites for hydroxylation is 1.